The van der Waals surface area contributed by atoms with Gasteiger partial charge in [-0.05, 0) is 37.6 Å². The standard InChI is InChI=1S/C12H17ClN2S/c13-11-7-9(14)4-5-12(11)16-8-10-3-1-2-6-15-10/h4-5,7,10,15H,1-3,6,8,14H2. The minimum atomic E-state index is 0.632. The van der Waals surface area contributed by atoms with Crippen LogP contribution in [0.25, 0.3) is 0 Å². The van der Waals surface area contributed by atoms with Crippen molar-refractivity contribution in [1.82, 2.24) is 5.32 Å². The van der Waals surface area contributed by atoms with Gasteiger partial charge in [-0.25, -0.2) is 0 Å². The molecule has 2 rings (SSSR count). The van der Waals surface area contributed by atoms with Gasteiger partial charge >= 0.3 is 0 Å². The third-order valence-electron chi connectivity index (χ3n) is 2.81. The third-order valence-corrected chi connectivity index (χ3v) is 4.47. The van der Waals surface area contributed by atoms with Crippen LogP contribution in [0.3, 0.4) is 0 Å². The Morgan fingerprint density at radius 3 is 3.00 bits per heavy atom. The zero-order valence-electron chi connectivity index (χ0n) is 9.21. The number of rotatable bonds is 3. The molecule has 0 radical (unpaired) electrons. The molecule has 0 saturated carbocycles. The maximum atomic E-state index is 6.13. The predicted molar refractivity (Wildman–Crippen MR) is 72.2 cm³/mol. The average Bonchev–Trinajstić information content (AvgIpc) is 2.29. The summed E-state index contributed by atoms with van der Waals surface area (Å²) in [6.45, 7) is 1.15. The van der Waals surface area contributed by atoms with Gasteiger partial charge in [0.15, 0.2) is 0 Å². The first kappa shape index (κ1) is 12.1. The van der Waals surface area contributed by atoms with Gasteiger partial charge in [-0.3, -0.25) is 0 Å². The molecule has 1 fully saturated rings. The van der Waals surface area contributed by atoms with Gasteiger partial charge in [0, 0.05) is 22.4 Å². The fourth-order valence-corrected chi connectivity index (χ4v) is 3.27. The number of hydrogen-bond acceptors (Lipinski definition) is 3. The molecule has 0 aromatic heterocycles. The SMILES string of the molecule is Nc1ccc(SCC2CCCCN2)c(Cl)c1. The molecule has 1 aromatic carbocycles. The Hall–Kier alpha value is -0.380. The van der Waals surface area contributed by atoms with E-state index in [0.717, 1.165) is 27.9 Å². The van der Waals surface area contributed by atoms with Crippen LogP contribution in [0, 0.1) is 0 Å². The first-order valence-corrected chi connectivity index (χ1v) is 7.03. The number of nitrogens with two attached hydrogens (primary N) is 1. The number of nitrogen functional groups attached to an aromatic ring is 1. The molecule has 1 atom stereocenters. The van der Waals surface area contributed by atoms with Gasteiger partial charge in [-0.15, -0.1) is 11.8 Å². The van der Waals surface area contributed by atoms with E-state index in [1.54, 1.807) is 0 Å². The molecule has 1 aromatic rings. The van der Waals surface area contributed by atoms with Crippen molar-refractivity contribution in [2.75, 3.05) is 18.0 Å². The summed E-state index contributed by atoms with van der Waals surface area (Å²) in [5.74, 6) is 1.09. The van der Waals surface area contributed by atoms with E-state index in [9.17, 15) is 0 Å². The normalized spacial score (nSPS) is 20.9. The van der Waals surface area contributed by atoms with Crippen molar-refractivity contribution < 1.29 is 0 Å². The molecular weight excluding hydrogens is 240 g/mol. The van der Waals surface area contributed by atoms with Crippen molar-refractivity contribution in [2.24, 2.45) is 0 Å². The van der Waals surface area contributed by atoms with Gasteiger partial charge in [0.25, 0.3) is 0 Å². The Labute approximate surface area is 106 Å². The van der Waals surface area contributed by atoms with Crippen LogP contribution < -0.4 is 11.1 Å². The molecule has 16 heavy (non-hydrogen) atoms. The highest BCUT2D eigenvalue weighted by molar-refractivity contribution is 7.99. The van der Waals surface area contributed by atoms with E-state index >= 15 is 0 Å². The summed E-state index contributed by atoms with van der Waals surface area (Å²) < 4.78 is 0. The number of anilines is 1. The van der Waals surface area contributed by atoms with Crippen LogP contribution in [0.15, 0.2) is 23.1 Å². The lowest BCUT2D eigenvalue weighted by atomic mass is 10.1. The average molecular weight is 257 g/mol. The second-order valence-electron chi connectivity index (χ2n) is 4.15. The highest BCUT2D eigenvalue weighted by atomic mass is 35.5. The van der Waals surface area contributed by atoms with Crippen LogP contribution in [0.2, 0.25) is 5.02 Å². The summed E-state index contributed by atoms with van der Waals surface area (Å²) in [5.41, 5.74) is 6.39. The number of nitrogens with one attached hydrogen (secondary N) is 1. The number of hydrogen-bond donors (Lipinski definition) is 2. The minimum Gasteiger partial charge on any atom is -0.399 e. The van der Waals surface area contributed by atoms with Gasteiger partial charge in [0.2, 0.25) is 0 Å². The topological polar surface area (TPSA) is 38.0 Å². The molecule has 1 aliphatic heterocycles. The Morgan fingerprint density at radius 2 is 2.31 bits per heavy atom. The zero-order valence-corrected chi connectivity index (χ0v) is 10.8. The number of benzene rings is 1. The molecule has 4 heteroatoms. The Morgan fingerprint density at radius 1 is 1.44 bits per heavy atom. The first-order valence-electron chi connectivity index (χ1n) is 5.67. The molecule has 0 aliphatic carbocycles. The van der Waals surface area contributed by atoms with Crippen LogP contribution in [-0.4, -0.2) is 18.3 Å². The largest absolute Gasteiger partial charge is 0.399 e. The molecule has 0 spiro atoms. The fourth-order valence-electron chi connectivity index (χ4n) is 1.89. The van der Waals surface area contributed by atoms with Crippen LogP contribution in [0.5, 0.6) is 0 Å². The predicted octanol–water partition coefficient (Wildman–Crippen LogP) is 3.16. The van der Waals surface area contributed by atoms with Crippen LogP contribution in [0.4, 0.5) is 5.69 Å². The lowest BCUT2D eigenvalue weighted by Crippen LogP contribution is -2.35. The number of piperidine rings is 1. The fraction of sp³-hybridized carbons (Fsp3) is 0.500. The molecule has 2 nitrogen and oxygen atoms in total. The summed E-state index contributed by atoms with van der Waals surface area (Å²) in [7, 11) is 0. The van der Waals surface area contributed by atoms with Crippen molar-refractivity contribution in [1.29, 1.82) is 0 Å². The molecule has 1 heterocycles. The van der Waals surface area contributed by atoms with Gasteiger partial charge in [0.1, 0.15) is 0 Å². The van der Waals surface area contributed by atoms with Crippen molar-refractivity contribution in [3.05, 3.63) is 23.2 Å². The number of halogens is 1. The van der Waals surface area contributed by atoms with E-state index in [0.29, 0.717) is 6.04 Å². The molecule has 0 bridgehead atoms. The lowest BCUT2D eigenvalue weighted by molar-refractivity contribution is 0.430. The first-order chi connectivity index (χ1) is 7.75. The Kier molecular flexibility index (Phi) is 4.38. The summed E-state index contributed by atoms with van der Waals surface area (Å²) in [4.78, 5) is 1.13. The van der Waals surface area contributed by atoms with Gasteiger partial charge in [-0.1, -0.05) is 18.0 Å². The third kappa shape index (κ3) is 3.30. The molecule has 3 N–H and O–H groups in total. The minimum absolute atomic E-state index is 0.632. The smallest absolute Gasteiger partial charge is 0.0562 e. The maximum Gasteiger partial charge on any atom is 0.0562 e. The van der Waals surface area contributed by atoms with E-state index in [-0.39, 0.29) is 0 Å². The second kappa shape index (κ2) is 5.80. The highest BCUT2D eigenvalue weighted by Crippen LogP contribution is 2.30. The summed E-state index contributed by atoms with van der Waals surface area (Å²) in [6.07, 6.45) is 3.93. The quantitative estimate of drug-likeness (QED) is 0.645. The summed E-state index contributed by atoms with van der Waals surface area (Å²) >= 11 is 7.94. The van der Waals surface area contributed by atoms with Crippen molar-refractivity contribution in [3.8, 4) is 0 Å². The van der Waals surface area contributed by atoms with Gasteiger partial charge in [0.05, 0.1) is 5.02 Å². The van der Waals surface area contributed by atoms with E-state index in [4.69, 9.17) is 17.3 Å². The Bertz CT molecular complexity index is 351. The molecular formula is C12H17ClN2S. The van der Waals surface area contributed by atoms with Gasteiger partial charge in [-0.2, -0.15) is 0 Å². The van der Waals surface area contributed by atoms with Crippen LogP contribution in [-0.2, 0) is 0 Å². The van der Waals surface area contributed by atoms with Crippen LogP contribution in [0.1, 0.15) is 19.3 Å². The van der Waals surface area contributed by atoms with Crippen molar-refractivity contribution in [3.63, 3.8) is 0 Å². The molecule has 1 unspecified atom stereocenters. The van der Waals surface area contributed by atoms with E-state index < -0.39 is 0 Å². The monoisotopic (exact) mass is 256 g/mol. The highest BCUT2D eigenvalue weighted by Gasteiger charge is 2.13. The molecule has 88 valence electrons. The van der Waals surface area contributed by atoms with Crippen LogP contribution >= 0.6 is 23.4 Å². The summed E-state index contributed by atoms with van der Waals surface area (Å²) in [5, 5.41) is 4.30. The Balaban J connectivity index is 1.88. The maximum absolute atomic E-state index is 6.13. The van der Waals surface area contributed by atoms with Gasteiger partial charge < -0.3 is 11.1 Å². The van der Waals surface area contributed by atoms with E-state index in [1.807, 2.05) is 30.0 Å². The lowest BCUT2D eigenvalue weighted by Gasteiger charge is -2.23. The summed E-state index contributed by atoms with van der Waals surface area (Å²) in [6, 6.07) is 6.36. The molecule has 1 aliphatic rings. The zero-order chi connectivity index (χ0) is 11.4. The molecule has 1 saturated heterocycles. The second-order valence-corrected chi connectivity index (χ2v) is 5.62. The van der Waals surface area contributed by atoms with E-state index in [1.165, 1.54) is 19.3 Å². The molecule has 0 amide bonds. The number of thioether (sulfide) groups is 1. The van der Waals surface area contributed by atoms with Crippen molar-refractivity contribution in [2.45, 2.75) is 30.2 Å². The van der Waals surface area contributed by atoms with Crippen molar-refractivity contribution >= 4 is 29.1 Å². The van der Waals surface area contributed by atoms with E-state index in [2.05, 4.69) is 5.32 Å².